The number of carbonyl (C=O) groups is 2. The van der Waals surface area contributed by atoms with Crippen molar-refractivity contribution >= 4 is 44.5 Å². The van der Waals surface area contributed by atoms with Crippen LogP contribution in [0, 0.1) is 19.8 Å². The Morgan fingerprint density at radius 1 is 1.29 bits per heavy atom. The summed E-state index contributed by atoms with van der Waals surface area (Å²) in [5.74, 6) is -1.30. The molecule has 1 aliphatic rings. The van der Waals surface area contributed by atoms with Crippen LogP contribution in [0.4, 0.5) is 5.69 Å². The van der Waals surface area contributed by atoms with Crippen molar-refractivity contribution in [3.63, 3.8) is 0 Å². The Morgan fingerprint density at radius 3 is 2.81 bits per heavy atom. The maximum absolute atomic E-state index is 12.8. The van der Waals surface area contributed by atoms with Gasteiger partial charge in [-0.2, -0.15) is 0 Å². The number of hydrogen-bond acceptors (Lipinski definition) is 4. The van der Waals surface area contributed by atoms with Gasteiger partial charge in [-0.05, 0) is 71.6 Å². The molecule has 1 aliphatic heterocycles. The number of aryl methyl sites for hydroxylation is 2. The van der Waals surface area contributed by atoms with E-state index >= 15 is 0 Å². The van der Waals surface area contributed by atoms with Crippen LogP contribution in [0.15, 0.2) is 47.2 Å². The van der Waals surface area contributed by atoms with Crippen molar-refractivity contribution < 1.29 is 14.7 Å². The first-order valence-electron chi connectivity index (χ1n) is 10.3. The molecular weight excluding hydrogens is 460 g/mol. The van der Waals surface area contributed by atoms with Gasteiger partial charge in [-0.3, -0.25) is 9.59 Å². The molecule has 4 rings (SSSR count). The van der Waals surface area contributed by atoms with Gasteiger partial charge in [0.2, 0.25) is 11.8 Å². The minimum Gasteiger partial charge on any atom is -0.389 e. The molecule has 0 saturated carbocycles. The monoisotopic (exact) mass is 484 g/mol. The van der Waals surface area contributed by atoms with Crippen LogP contribution in [0.5, 0.6) is 0 Å². The summed E-state index contributed by atoms with van der Waals surface area (Å²) in [6, 6.07) is 11.5. The Hall–Kier alpha value is -2.71. The van der Waals surface area contributed by atoms with Crippen LogP contribution in [0.2, 0.25) is 0 Å². The van der Waals surface area contributed by atoms with Gasteiger partial charge in [0, 0.05) is 17.6 Å². The van der Waals surface area contributed by atoms with Crippen molar-refractivity contribution in [3.05, 3.63) is 58.3 Å². The SMILES string of the molecule is Cc1cc2ncn(CC(O)CNC(=O)C3CCN(c4ccccc4Br)C3=O)c2cc1C. The van der Waals surface area contributed by atoms with Crippen LogP contribution in [0.25, 0.3) is 11.0 Å². The Balaban J connectivity index is 1.35. The molecule has 3 aromatic rings. The van der Waals surface area contributed by atoms with Gasteiger partial charge in [-0.25, -0.2) is 4.98 Å². The van der Waals surface area contributed by atoms with E-state index in [2.05, 4.69) is 32.3 Å². The van der Waals surface area contributed by atoms with E-state index in [1.807, 2.05) is 48.7 Å². The number of amides is 2. The van der Waals surface area contributed by atoms with Crippen molar-refractivity contribution in [1.82, 2.24) is 14.9 Å². The number of imidazole rings is 1. The third kappa shape index (κ3) is 4.36. The zero-order chi connectivity index (χ0) is 22.1. The Labute approximate surface area is 189 Å². The van der Waals surface area contributed by atoms with E-state index in [-0.39, 0.29) is 18.4 Å². The van der Waals surface area contributed by atoms with Crippen LogP contribution >= 0.6 is 15.9 Å². The molecule has 0 radical (unpaired) electrons. The average Bonchev–Trinajstić information content (AvgIpc) is 3.30. The molecule has 8 heteroatoms. The fourth-order valence-electron chi connectivity index (χ4n) is 3.92. The van der Waals surface area contributed by atoms with E-state index in [0.29, 0.717) is 19.5 Å². The zero-order valence-corrected chi connectivity index (χ0v) is 19.1. The Bertz CT molecular complexity index is 1140. The summed E-state index contributed by atoms with van der Waals surface area (Å²) in [6.07, 6.45) is 1.36. The molecule has 1 aromatic heterocycles. The fourth-order valence-corrected chi connectivity index (χ4v) is 4.42. The van der Waals surface area contributed by atoms with E-state index < -0.39 is 12.0 Å². The number of aliphatic hydroxyl groups is 1. The van der Waals surface area contributed by atoms with Crippen molar-refractivity contribution in [2.45, 2.75) is 32.9 Å². The molecule has 31 heavy (non-hydrogen) atoms. The molecule has 162 valence electrons. The second-order valence-corrected chi connectivity index (χ2v) is 8.86. The predicted octanol–water partition coefficient (Wildman–Crippen LogP) is 2.95. The largest absolute Gasteiger partial charge is 0.389 e. The highest BCUT2D eigenvalue weighted by Gasteiger charge is 2.38. The summed E-state index contributed by atoms with van der Waals surface area (Å²) < 4.78 is 2.70. The summed E-state index contributed by atoms with van der Waals surface area (Å²) in [4.78, 5) is 31.4. The smallest absolute Gasteiger partial charge is 0.239 e. The van der Waals surface area contributed by atoms with Crippen molar-refractivity contribution in [2.75, 3.05) is 18.0 Å². The Morgan fingerprint density at radius 2 is 2.03 bits per heavy atom. The van der Waals surface area contributed by atoms with Crippen molar-refractivity contribution in [2.24, 2.45) is 5.92 Å². The van der Waals surface area contributed by atoms with Gasteiger partial charge in [0.25, 0.3) is 0 Å². The number of fused-ring (bicyclic) bond motifs is 1. The molecule has 0 aliphatic carbocycles. The van der Waals surface area contributed by atoms with E-state index in [0.717, 1.165) is 26.8 Å². The van der Waals surface area contributed by atoms with Crippen LogP contribution < -0.4 is 10.2 Å². The number of para-hydroxylation sites is 1. The van der Waals surface area contributed by atoms with Gasteiger partial charge in [0.1, 0.15) is 5.92 Å². The first kappa shape index (κ1) is 21.5. The molecule has 1 saturated heterocycles. The number of aliphatic hydroxyl groups excluding tert-OH is 1. The molecule has 2 amide bonds. The van der Waals surface area contributed by atoms with E-state index in [4.69, 9.17) is 0 Å². The van der Waals surface area contributed by atoms with Crippen molar-refractivity contribution in [1.29, 1.82) is 0 Å². The van der Waals surface area contributed by atoms with Crippen LogP contribution in [-0.4, -0.2) is 45.7 Å². The van der Waals surface area contributed by atoms with Gasteiger partial charge in [0.15, 0.2) is 0 Å². The molecule has 0 bridgehead atoms. The first-order valence-corrected chi connectivity index (χ1v) is 11.1. The van der Waals surface area contributed by atoms with E-state index in [1.54, 1.807) is 11.2 Å². The summed E-state index contributed by atoms with van der Waals surface area (Å²) in [5, 5.41) is 13.2. The number of carbonyl (C=O) groups excluding carboxylic acids is 2. The van der Waals surface area contributed by atoms with Gasteiger partial charge in [-0.15, -0.1) is 0 Å². The van der Waals surface area contributed by atoms with Gasteiger partial charge in [-0.1, -0.05) is 12.1 Å². The molecular formula is C23H25BrN4O3. The first-order chi connectivity index (χ1) is 14.8. The summed E-state index contributed by atoms with van der Waals surface area (Å²) in [6.45, 7) is 4.95. The molecule has 2 aromatic carbocycles. The standard InChI is InChI=1S/C23H25BrN4O3/c1-14-9-19-21(10-15(14)2)27(13-26-19)12-16(29)11-25-22(30)17-7-8-28(23(17)31)20-6-4-3-5-18(20)24/h3-6,9-10,13,16-17,29H,7-8,11-12H2,1-2H3,(H,25,30). The second-order valence-electron chi connectivity index (χ2n) is 8.00. The number of benzene rings is 2. The van der Waals surface area contributed by atoms with Crippen LogP contribution in [0.1, 0.15) is 17.5 Å². The highest BCUT2D eigenvalue weighted by molar-refractivity contribution is 9.10. The van der Waals surface area contributed by atoms with Gasteiger partial charge >= 0.3 is 0 Å². The highest BCUT2D eigenvalue weighted by Crippen LogP contribution is 2.31. The lowest BCUT2D eigenvalue weighted by Crippen LogP contribution is -2.41. The van der Waals surface area contributed by atoms with Crippen LogP contribution in [0.3, 0.4) is 0 Å². The molecule has 0 spiro atoms. The number of nitrogens with zero attached hydrogens (tertiary/aromatic N) is 3. The summed E-state index contributed by atoms with van der Waals surface area (Å²) in [5.41, 5.74) is 4.92. The Kier molecular flexibility index (Phi) is 6.11. The minimum absolute atomic E-state index is 0.0716. The topological polar surface area (TPSA) is 87.5 Å². The lowest BCUT2D eigenvalue weighted by Gasteiger charge is -2.18. The number of hydrogen-bond donors (Lipinski definition) is 2. The van der Waals surface area contributed by atoms with Gasteiger partial charge < -0.3 is 19.9 Å². The number of anilines is 1. The lowest BCUT2D eigenvalue weighted by atomic mass is 10.1. The number of aromatic nitrogens is 2. The van der Waals surface area contributed by atoms with E-state index in [9.17, 15) is 14.7 Å². The quantitative estimate of drug-likeness (QED) is 0.526. The normalized spacial score (nSPS) is 17.4. The summed E-state index contributed by atoms with van der Waals surface area (Å²) >= 11 is 3.46. The molecule has 7 nitrogen and oxygen atoms in total. The molecule has 2 atom stereocenters. The third-order valence-electron chi connectivity index (χ3n) is 5.82. The molecule has 1 fully saturated rings. The number of nitrogens with one attached hydrogen (secondary N) is 1. The summed E-state index contributed by atoms with van der Waals surface area (Å²) in [7, 11) is 0. The molecule has 2 unspecified atom stereocenters. The highest BCUT2D eigenvalue weighted by atomic mass is 79.9. The van der Waals surface area contributed by atoms with Gasteiger partial charge in [0.05, 0.1) is 35.7 Å². The van der Waals surface area contributed by atoms with Crippen LogP contribution in [-0.2, 0) is 16.1 Å². The zero-order valence-electron chi connectivity index (χ0n) is 17.5. The number of halogens is 1. The average molecular weight is 485 g/mol. The second kappa shape index (κ2) is 8.80. The maximum Gasteiger partial charge on any atom is 0.239 e. The molecule has 2 heterocycles. The fraction of sp³-hybridized carbons (Fsp3) is 0.348. The molecule has 2 N–H and O–H groups in total. The number of rotatable bonds is 6. The lowest BCUT2D eigenvalue weighted by molar-refractivity contribution is -0.132. The maximum atomic E-state index is 12.8. The predicted molar refractivity (Wildman–Crippen MR) is 123 cm³/mol. The van der Waals surface area contributed by atoms with Crippen molar-refractivity contribution in [3.8, 4) is 0 Å². The van der Waals surface area contributed by atoms with E-state index in [1.165, 1.54) is 5.56 Å². The third-order valence-corrected chi connectivity index (χ3v) is 6.49. The minimum atomic E-state index is -0.793.